The average molecular weight is 277 g/mol. The van der Waals surface area contributed by atoms with Gasteiger partial charge in [0.1, 0.15) is 0 Å². The molecular formula is C18H19N3. The van der Waals surface area contributed by atoms with Crippen LogP contribution in [0.5, 0.6) is 0 Å². The quantitative estimate of drug-likeness (QED) is 0.740. The molecule has 0 aliphatic heterocycles. The van der Waals surface area contributed by atoms with Crippen molar-refractivity contribution in [2.75, 3.05) is 5.73 Å². The molecule has 3 rings (SSSR count). The third kappa shape index (κ3) is 2.82. The number of hydrogen-bond acceptors (Lipinski definition) is 2. The molecule has 0 amide bonds. The van der Waals surface area contributed by atoms with Gasteiger partial charge in [-0.3, -0.25) is 4.68 Å². The van der Waals surface area contributed by atoms with Crippen LogP contribution in [0.3, 0.4) is 0 Å². The molecule has 0 unspecified atom stereocenters. The Bertz CT molecular complexity index is 772. The normalized spacial score (nSPS) is 10.8. The fourth-order valence-electron chi connectivity index (χ4n) is 2.44. The van der Waals surface area contributed by atoms with E-state index in [0.717, 1.165) is 23.4 Å². The summed E-state index contributed by atoms with van der Waals surface area (Å²) < 4.78 is 1.95. The van der Waals surface area contributed by atoms with Crippen LogP contribution < -0.4 is 5.73 Å². The Balaban J connectivity index is 1.85. The van der Waals surface area contributed by atoms with E-state index in [-0.39, 0.29) is 0 Å². The third-order valence-corrected chi connectivity index (χ3v) is 3.82. The zero-order valence-corrected chi connectivity index (χ0v) is 12.4. The van der Waals surface area contributed by atoms with Gasteiger partial charge in [0, 0.05) is 23.0 Å². The number of nitrogens with zero attached hydrogens (tertiary/aromatic N) is 2. The SMILES string of the molecule is Cc1ccc(Cn2cc(-c3ccccc3N)cn2)cc1C. The number of aromatic nitrogens is 2. The van der Waals surface area contributed by atoms with Crippen molar-refractivity contribution in [2.45, 2.75) is 20.4 Å². The van der Waals surface area contributed by atoms with Crippen LogP contribution in [0.25, 0.3) is 11.1 Å². The van der Waals surface area contributed by atoms with E-state index >= 15 is 0 Å². The second-order valence-corrected chi connectivity index (χ2v) is 5.43. The average Bonchev–Trinajstić information content (AvgIpc) is 2.92. The third-order valence-electron chi connectivity index (χ3n) is 3.82. The molecule has 0 bridgehead atoms. The predicted molar refractivity (Wildman–Crippen MR) is 87.1 cm³/mol. The summed E-state index contributed by atoms with van der Waals surface area (Å²) in [7, 11) is 0. The Morgan fingerprint density at radius 2 is 1.86 bits per heavy atom. The summed E-state index contributed by atoms with van der Waals surface area (Å²) in [4.78, 5) is 0. The number of nitrogens with two attached hydrogens (primary N) is 1. The largest absolute Gasteiger partial charge is 0.398 e. The highest BCUT2D eigenvalue weighted by Crippen LogP contribution is 2.25. The molecule has 0 saturated carbocycles. The van der Waals surface area contributed by atoms with Crippen molar-refractivity contribution >= 4 is 5.69 Å². The Morgan fingerprint density at radius 3 is 2.62 bits per heavy atom. The first-order valence-electron chi connectivity index (χ1n) is 7.07. The summed E-state index contributed by atoms with van der Waals surface area (Å²) in [5.41, 5.74) is 12.8. The maximum absolute atomic E-state index is 6.01. The lowest BCUT2D eigenvalue weighted by Crippen LogP contribution is -2.00. The minimum absolute atomic E-state index is 0.772. The lowest BCUT2D eigenvalue weighted by Gasteiger charge is -2.05. The molecule has 0 saturated heterocycles. The van der Waals surface area contributed by atoms with Crippen LogP contribution >= 0.6 is 0 Å². The lowest BCUT2D eigenvalue weighted by atomic mass is 10.1. The Labute approximate surface area is 125 Å². The summed E-state index contributed by atoms with van der Waals surface area (Å²) in [5, 5.41) is 4.44. The summed E-state index contributed by atoms with van der Waals surface area (Å²) >= 11 is 0. The highest BCUT2D eigenvalue weighted by molar-refractivity contribution is 5.75. The topological polar surface area (TPSA) is 43.8 Å². The highest BCUT2D eigenvalue weighted by Gasteiger charge is 2.05. The van der Waals surface area contributed by atoms with E-state index in [4.69, 9.17) is 5.73 Å². The van der Waals surface area contributed by atoms with Gasteiger partial charge in [0.05, 0.1) is 12.7 Å². The first-order valence-corrected chi connectivity index (χ1v) is 7.07. The Hall–Kier alpha value is -2.55. The first kappa shape index (κ1) is 13.4. The smallest absolute Gasteiger partial charge is 0.0659 e. The second kappa shape index (κ2) is 5.44. The molecular weight excluding hydrogens is 258 g/mol. The summed E-state index contributed by atoms with van der Waals surface area (Å²) in [6, 6.07) is 14.4. The standard InChI is InChI=1S/C18H19N3/c1-13-7-8-15(9-14(13)2)11-21-12-16(10-20-21)17-5-3-4-6-18(17)19/h3-10,12H,11,19H2,1-2H3. The van der Waals surface area contributed by atoms with Crippen molar-refractivity contribution in [1.29, 1.82) is 0 Å². The molecule has 0 aliphatic carbocycles. The van der Waals surface area contributed by atoms with E-state index in [2.05, 4.69) is 37.1 Å². The van der Waals surface area contributed by atoms with Gasteiger partial charge < -0.3 is 5.73 Å². The van der Waals surface area contributed by atoms with Crippen molar-refractivity contribution in [2.24, 2.45) is 0 Å². The number of benzene rings is 2. The van der Waals surface area contributed by atoms with E-state index in [9.17, 15) is 0 Å². The van der Waals surface area contributed by atoms with E-state index < -0.39 is 0 Å². The van der Waals surface area contributed by atoms with Gasteiger partial charge >= 0.3 is 0 Å². The van der Waals surface area contributed by atoms with Gasteiger partial charge in [-0.25, -0.2) is 0 Å². The maximum Gasteiger partial charge on any atom is 0.0659 e. The van der Waals surface area contributed by atoms with E-state index in [1.807, 2.05) is 41.3 Å². The minimum atomic E-state index is 0.772. The number of nitrogen functional groups attached to an aromatic ring is 1. The highest BCUT2D eigenvalue weighted by atomic mass is 15.3. The molecule has 3 aromatic rings. The van der Waals surface area contributed by atoms with Crippen LogP contribution in [0.15, 0.2) is 54.9 Å². The summed E-state index contributed by atoms with van der Waals surface area (Å²) in [5.74, 6) is 0. The molecule has 2 aromatic carbocycles. The van der Waals surface area contributed by atoms with Crippen LogP contribution in [-0.4, -0.2) is 9.78 Å². The van der Waals surface area contributed by atoms with E-state index in [1.165, 1.54) is 16.7 Å². The van der Waals surface area contributed by atoms with Gasteiger partial charge in [0.15, 0.2) is 0 Å². The molecule has 21 heavy (non-hydrogen) atoms. The zero-order chi connectivity index (χ0) is 14.8. The Morgan fingerprint density at radius 1 is 1.05 bits per heavy atom. The molecule has 3 nitrogen and oxygen atoms in total. The van der Waals surface area contributed by atoms with Crippen LogP contribution in [0.4, 0.5) is 5.69 Å². The monoisotopic (exact) mass is 277 g/mol. The van der Waals surface area contributed by atoms with Crippen LogP contribution in [-0.2, 0) is 6.54 Å². The van der Waals surface area contributed by atoms with Gasteiger partial charge in [0.2, 0.25) is 0 Å². The molecule has 1 heterocycles. The summed E-state index contributed by atoms with van der Waals surface area (Å²) in [6.07, 6.45) is 3.91. The maximum atomic E-state index is 6.01. The number of anilines is 1. The van der Waals surface area contributed by atoms with Crippen molar-refractivity contribution < 1.29 is 0 Å². The Kier molecular flexibility index (Phi) is 3.48. The molecule has 0 atom stereocenters. The van der Waals surface area contributed by atoms with E-state index in [0.29, 0.717) is 0 Å². The van der Waals surface area contributed by atoms with Gasteiger partial charge in [-0.1, -0.05) is 36.4 Å². The molecule has 2 N–H and O–H groups in total. The number of rotatable bonds is 3. The molecule has 106 valence electrons. The van der Waals surface area contributed by atoms with Gasteiger partial charge in [0.25, 0.3) is 0 Å². The fourth-order valence-corrected chi connectivity index (χ4v) is 2.44. The van der Waals surface area contributed by atoms with Crippen molar-refractivity contribution in [3.8, 4) is 11.1 Å². The van der Waals surface area contributed by atoms with E-state index in [1.54, 1.807) is 0 Å². The second-order valence-electron chi connectivity index (χ2n) is 5.43. The van der Waals surface area contributed by atoms with Gasteiger partial charge in [-0.05, 0) is 36.6 Å². The van der Waals surface area contributed by atoms with Crippen molar-refractivity contribution in [1.82, 2.24) is 9.78 Å². The minimum Gasteiger partial charge on any atom is -0.398 e. The van der Waals surface area contributed by atoms with Crippen LogP contribution in [0.1, 0.15) is 16.7 Å². The van der Waals surface area contributed by atoms with Gasteiger partial charge in [-0.2, -0.15) is 5.10 Å². The van der Waals surface area contributed by atoms with Crippen LogP contribution in [0, 0.1) is 13.8 Å². The molecule has 0 aliphatic rings. The van der Waals surface area contributed by atoms with Crippen molar-refractivity contribution in [3.05, 3.63) is 71.5 Å². The molecule has 1 aromatic heterocycles. The molecule has 0 radical (unpaired) electrons. The van der Waals surface area contributed by atoms with Crippen LogP contribution in [0.2, 0.25) is 0 Å². The number of hydrogen-bond donors (Lipinski definition) is 1. The molecule has 0 spiro atoms. The zero-order valence-electron chi connectivity index (χ0n) is 12.4. The molecule has 3 heteroatoms. The first-order chi connectivity index (χ1) is 10.1. The lowest BCUT2D eigenvalue weighted by molar-refractivity contribution is 0.686. The fraction of sp³-hybridized carbons (Fsp3) is 0.167. The predicted octanol–water partition coefficient (Wildman–Crippen LogP) is 3.80. The summed E-state index contributed by atoms with van der Waals surface area (Å²) in [6.45, 7) is 5.04. The number of aryl methyl sites for hydroxylation is 2. The molecule has 0 fully saturated rings. The number of para-hydroxylation sites is 1. The van der Waals surface area contributed by atoms with Gasteiger partial charge in [-0.15, -0.1) is 0 Å². The van der Waals surface area contributed by atoms with Crippen molar-refractivity contribution in [3.63, 3.8) is 0 Å².